The van der Waals surface area contributed by atoms with Crippen molar-refractivity contribution in [3.63, 3.8) is 0 Å². The highest BCUT2D eigenvalue weighted by molar-refractivity contribution is 7.98. The molecule has 3 aromatic rings. The Morgan fingerprint density at radius 1 is 1.27 bits per heavy atom. The van der Waals surface area contributed by atoms with Crippen molar-refractivity contribution >= 4 is 28.7 Å². The molecular weight excluding hydrogens is 298 g/mol. The van der Waals surface area contributed by atoms with Gasteiger partial charge < -0.3 is 9.15 Å². The predicted octanol–water partition coefficient (Wildman–Crippen LogP) is 4.30. The van der Waals surface area contributed by atoms with E-state index in [4.69, 9.17) is 9.15 Å². The second-order valence-electron chi connectivity index (χ2n) is 4.67. The van der Waals surface area contributed by atoms with Gasteiger partial charge in [-0.25, -0.2) is 9.78 Å². The van der Waals surface area contributed by atoms with Crippen LogP contribution in [-0.4, -0.2) is 17.6 Å². The van der Waals surface area contributed by atoms with Gasteiger partial charge >= 0.3 is 5.97 Å². The Kier molecular flexibility index (Phi) is 4.44. The molecule has 0 N–H and O–H groups in total. The van der Waals surface area contributed by atoms with Crippen LogP contribution in [0.15, 0.2) is 58.1 Å². The number of nitrogens with zero attached hydrogens (tertiary/aromatic N) is 1. The van der Waals surface area contributed by atoms with E-state index in [-0.39, 0.29) is 5.76 Å². The van der Waals surface area contributed by atoms with Gasteiger partial charge in [0.1, 0.15) is 10.6 Å². The molecule has 0 aliphatic carbocycles. The summed E-state index contributed by atoms with van der Waals surface area (Å²) in [6, 6.07) is 13.7. The Bertz CT molecular complexity index is 783. The third kappa shape index (κ3) is 3.31. The van der Waals surface area contributed by atoms with Crippen molar-refractivity contribution in [3.8, 4) is 0 Å². The Hall–Kier alpha value is -2.27. The van der Waals surface area contributed by atoms with Gasteiger partial charge in [-0.2, -0.15) is 0 Å². The molecule has 3 rings (SSSR count). The van der Waals surface area contributed by atoms with Crippen molar-refractivity contribution in [3.05, 3.63) is 60.0 Å². The van der Waals surface area contributed by atoms with Gasteiger partial charge in [0.15, 0.2) is 0 Å². The van der Waals surface area contributed by atoms with Crippen molar-refractivity contribution in [2.75, 3.05) is 6.61 Å². The number of ether oxygens (including phenoxy) is 1. The Balaban J connectivity index is 1.76. The van der Waals surface area contributed by atoms with E-state index in [1.54, 1.807) is 30.9 Å². The van der Waals surface area contributed by atoms with E-state index >= 15 is 0 Å². The molecule has 112 valence electrons. The van der Waals surface area contributed by atoms with E-state index in [0.717, 1.165) is 16.2 Å². The lowest BCUT2D eigenvalue weighted by Gasteiger charge is -2.00. The zero-order chi connectivity index (χ0) is 15.4. The highest BCUT2D eigenvalue weighted by atomic mass is 32.2. The number of rotatable bonds is 5. The van der Waals surface area contributed by atoms with Gasteiger partial charge in [0.05, 0.1) is 6.61 Å². The first-order chi connectivity index (χ1) is 10.8. The summed E-state index contributed by atoms with van der Waals surface area (Å²) >= 11 is 1.63. The van der Waals surface area contributed by atoms with Gasteiger partial charge in [0.2, 0.25) is 5.76 Å². The normalized spacial score (nSPS) is 10.8. The number of furan rings is 1. The highest BCUT2D eigenvalue weighted by Crippen LogP contribution is 2.26. The van der Waals surface area contributed by atoms with Crippen LogP contribution < -0.4 is 0 Å². The summed E-state index contributed by atoms with van der Waals surface area (Å²) in [5, 5.41) is 1.66. The number of carbonyl (C=O) groups is 1. The van der Waals surface area contributed by atoms with Crippen molar-refractivity contribution in [1.29, 1.82) is 0 Å². The summed E-state index contributed by atoms with van der Waals surface area (Å²) in [4.78, 5) is 16.1. The molecule has 0 bridgehead atoms. The summed E-state index contributed by atoms with van der Waals surface area (Å²) in [5.74, 6) is 0.603. The average molecular weight is 313 g/mol. The number of aromatic nitrogens is 1. The monoisotopic (exact) mass is 313 g/mol. The van der Waals surface area contributed by atoms with E-state index in [9.17, 15) is 4.79 Å². The van der Waals surface area contributed by atoms with E-state index in [0.29, 0.717) is 12.2 Å². The lowest BCUT2D eigenvalue weighted by Crippen LogP contribution is -2.02. The molecule has 0 radical (unpaired) electrons. The van der Waals surface area contributed by atoms with Crippen molar-refractivity contribution in [2.24, 2.45) is 0 Å². The fraction of sp³-hybridized carbons (Fsp3) is 0.176. The number of carbonyl (C=O) groups excluding carboxylic acids is 1. The molecule has 0 atom stereocenters. The van der Waals surface area contributed by atoms with Crippen LogP contribution >= 0.6 is 11.8 Å². The van der Waals surface area contributed by atoms with Gasteiger partial charge in [-0.15, -0.1) is 11.8 Å². The van der Waals surface area contributed by atoms with Crippen molar-refractivity contribution in [1.82, 2.24) is 4.98 Å². The molecule has 22 heavy (non-hydrogen) atoms. The number of benzene rings is 1. The molecule has 0 fully saturated rings. The molecule has 0 amide bonds. The maximum Gasteiger partial charge on any atom is 0.374 e. The molecule has 0 aliphatic heterocycles. The number of thioether (sulfide) groups is 1. The second kappa shape index (κ2) is 6.66. The molecule has 1 aromatic carbocycles. The smallest absolute Gasteiger partial charge is 0.374 e. The van der Waals surface area contributed by atoms with E-state index in [2.05, 4.69) is 17.1 Å². The summed E-state index contributed by atoms with van der Waals surface area (Å²) in [6.07, 6.45) is 1.72. The summed E-state index contributed by atoms with van der Waals surface area (Å²) < 4.78 is 10.5. The molecule has 2 aromatic heterocycles. The first-order valence-electron chi connectivity index (χ1n) is 6.99. The van der Waals surface area contributed by atoms with Gasteiger partial charge in [-0.1, -0.05) is 30.3 Å². The van der Waals surface area contributed by atoms with Gasteiger partial charge in [-0.3, -0.25) is 0 Å². The molecule has 0 saturated carbocycles. The van der Waals surface area contributed by atoms with Crippen LogP contribution in [0.4, 0.5) is 0 Å². The lowest BCUT2D eigenvalue weighted by molar-refractivity contribution is 0.0492. The van der Waals surface area contributed by atoms with Gasteiger partial charge in [0.25, 0.3) is 0 Å². The number of hydrogen-bond acceptors (Lipinski definition) is 5. The molecular formula is C17H15NO3S. The van der Waals surface area contributed by atoms with Crippen LogP contribution in [-0.2, 0) is 10.5 Å². The highest BCUT2D eigenvalue weighted by Gasteiger charge is 2.13. The maximum atomic E-state index is 11.7. The van der Waals surface area contributed by atoms with Crippen LogP contribution in [0.3, 0.4) is 0 Å². The first-order valence-corrected chi connectivity index (χ1v) is 7.98. The van der Waals surface area contributed by atoms with Crippen molar-refractivity contribution in [2.45, 2.75) is 17.7 Å². The lowest BCUT2D eigenvalue weighted by atomic mass is 10.2. The van der Waals surface area contributed by atoms with E-state index < -0.39 is 5.97 Å². The molecule has 0 unspecified atom stereocenters. The van der Waals surface area contributed by atoms with Crippen molar-refractivity contribution < 1.29 is 13.9 Å². The first kappa shape index (κ1) is 14.7. The summed E-state index contributed by atoms with van der Waals surface area (Å²) in [5.41, 5.74) is 1.88. The molecule has 4 nitrogen and oxygen atoms in total. The zero-order valence-corrected chi connectivity index (χ0v) is 12.9. The number of esters is 1. The van der Waals surface area contributed by atoms with Crippen LogP contribution in [0.25, 0.3) is 11.0 Å². The second-order valence-corrected chi connectivity index (χ2v) is 5.66. The molecule has 0 aliphatic rings. The largest absolute Gasteiger partial charge is 0.460 e. The third-order valence-electron chi connectivity index (χ3n) is 3.08. The Morgan fingerprint density at radius 3 is 2.86 bits per heavy atom. The summed E-state index contributed by atoms with van der Waals surface area (Å²) in [6.45, 7) is 2.09. The SMILES string of the molecule is CCOC(=O)c1cc2cnc(SCc3ccccc3)cc2o1. The minimum absolute atomic E-state index is 0.212. The third-order valence-corrected chi connectivity index (χ3v) is 4.08. The van der Waals surface area contributed by atoms with Crippen LogP contribution in [0, 0.1) is 0 Å². The fourth-order valence-electron chi connectivity index (χ4n) is 2.03. The minimum Gasteiger partial charge on any atom is -0.460 e. The van der Waals surface area contributed by atoms with E-state index in [1.165, 1.54) is 5.56 Å². The van der Waals surface area contributed by atoms with Crippen LogP contribution in [0.1, 0.15) is 23.0 Å². The fourth-order valence-corrected chi connectivity index (χ4v) is 2.85. The minimum atomic E-state index is -0.447. The van der Waals surface area contributed by atoms with Crippen LogP contribution in [0.5, 0.6) is 0 Å². The van der Waals surface area contributed by atoms with Gasteiger partial charge in [0, 0.05) is 29.5 Å². The number of hydrogen-bond donors (Lipinski definition) is 0. The number of fused-ring (bicyclic) bond motifs is 1. The number of pyridine rings is 1. The summed E-state index contributed by atoms with van der Waals surface area (Å²) in [7, 11) is 0. The standard InChI is InChI=1S/C17H15NO3S/c1-2-20-17(19)15-8-13-10-18-16(9-14(13)21-15)22-11-12-6-4-3-5-7-12/h3-10H,2,11H2,1H3. The Labute approximate surface area is 132 Å². The predicted molar refractivity (Wildman–Crippen MR) is 86.0 cm³/mol. The molecule has 0 spiro atoms. The molecule has 5 heteroatoms. The molecule has 0 saturated heterocycles. The van der Waals surface area contributed by atoms with Gasteiger partial charge in [-0.05, 0) is 12.5 Å². The van der Waals surface area contributed by atoms with Crippen LogP contribution in [0.2, 0.25) is 0 Å². The zero-order valence-electron chi connectivity index (χ0n) is 12.1. The maximum absolute atomic E-state index is 11.7. The topological polar surface area (TPSA) is 52.3 Å². The van der Waals surface area contributed by atoms with E-state index in [1.807, 2.05) is 24.3 Å². The average Bonchev–Trinajstić information content (AvgIpc) is 2.97. The quantitative estimate of drug-likeness (QED) is 0.519. The Morgan fingerprint density at radius 2 is 2.09 bits per heavy atom. The molecule has 2 heterocycles.